The number of nitrogens with two attached hydrogens (primary N) is 1. The lowest BCUT2D eigenvalue weighted by Gasteiger charge is -2.13. The van der Waals surface area contributed by atoms with Crippen LogP contribution in [-0.2, 0) is 13.0 Å². The number of rotatable bonds is 6. The fraction of sp³-hybridized carbons (Fsp3) is 0.385. The molecule has 18 heavy (non-hydrogen) atoms. The molecule has 0 fully saturated rings. The molecular formula is C13H17N3O2. The van der Waals surface area contributed by atoms with Crippen LogP contribution in [0, 0.1) is 0 Å². The molecule has 0 bridgehead atoms. The molecule has 0 aliphatic carbocycles. The van der Waals surface area contributed by atoms with Gasteiger partial charge in [-0.1, -0.05) is 30.3 Å². The van der Waals surface area contributed by atoms with Gasteiger partial charge in [0.25, 0.3) is 0 Å². The third-order valence-electron chi connectivity index (χ3n) is 2.74. The number of para-hydroxylation sites is 1. The Morgan fingerprint density at radius 2 is 2.22 bits per heavy atom. The number of benzene rings is 1. The normalized spacial score (nSPS) is 12.3. The highest BCUT2D eigenvalue weighted by atomic mass is 16.5. The van der Waals surface area contributed by atoms with Gasteiger partial charge >= 0.3 is 0 Å². The molecule has 2 rings (SSSR count). The van der Waals surface area contributed by atoms with Crippen molar-refractivity contribution in [3.8, 4) is 5.75 Å². The monoisotopic (exact) mass is 247 g/mol. The number of hydrogen-bond acceptors (Lipinski definition) is 5. The Morgan fingerprint density at radius 1 is 1.39 bits per heavy atom. The van der Waals surface area contributed by atoms with Crippen molar-refractivity contribution >= 4 is 0 Å². The zero-order valence-corrected chi connectivity index (χ0v) is 10.4. The Bertz CT molecular complexity index is 471. The summed E-state index contributed by atoms with van der Waals surface area (Å²) in [4.78, 5) is 3.91. The van der Waals surface area contributed by atoms with Crippen LogP contribution in [0.25, 0.3) is 0 Å². The molecule has 0 aliphatic heterocycles. The first-order chi connectivity index (χ1) is 8.79. The third-order valence-corrected chi connectivity index (χ3v) is 2.74. The maximum absolute atomic E-state index is 5.97. The van der Waals surface area contributed by atoms with E-state index in [9.17, 15) is 0 Å². The van der Waals surface area contributed by atoms with Gasteiger partial charge in [-0.05, 0) is 24.5 Å². The van der Waals surface area contributed by atoms with E-state index in [1.54, 1.807) is 0 Å². The second-order valence-corrected chi connectivity index (χ2v) is 4.12. The Balaban J connectivity index is 2.02. The predicted molar refractivity (Wildman–Crippen MR) is 67.0 cm³/mol. The second kappa shape index (κ2) is 6.16. The molecule has 2 N–H and O–H groups in total. The molecule has 1 heterocycles. The van der Waals surface area contributed by atoms with E-state index >= 15 is 0 Å². The van der Waals surface area contributed by atoms with E-state index in [0.717, 1.165) is 24.2 Å². The van der Waals surface area contributed by atoms with Crippen LogP contribution in [-0.4, -0.2) is 16.2 Å². The van der Waals surface area contributed by atoms with Gasteiger partial charge in [0, 0.05) is 6.04 Å². The molecule has 0 spiro atoms. The molecule has 1 atom stereocenters. The van der Waals surface area contributed by atoms with Crippen LogP contribution < -0.4 is 10.5 Å². The van der Waals surface area contributed by atoms with Gasteiger partial charge in [-0.3, -0.25) is 0 Å². The molecule has 0 aliphatic rings. The molecule has 5 heteroatoms. The number of hydrogen-bond donors (Lipinski definition) is 1. The topological polar surface area (TPSA) is 74.2 Å². The van der Waals surface area contributed by atoms with Gasteiger partial charge in [0.05, 0.1) is 0 Å². The molecule has 1 unspecified atom stereocenters. The summed E-state index contributed by atoms with van der Waals surface area (Å²) in [6.45, 7) is 2.38. The summed E-state index contributed by atoms with van der Waals surface area (Å²) in [7, 11) is 0. The Labute approximate surface area is 106 Å². The Kier molecular flexibility index (Phi) is 4.30. The van der Waals surface area contributed by atoms with Gasteiger partial charge in [-0.25, -0.2) is 0 Å². The molecule has 5 nitrogen and oxygen atoms in total. The summed E-state index contributed by atoms with van der Waals surface area (Å²) in [5, 5.41) is 3.70. The van der Waals surface area contributed by atoms with Crippen molar-refractivity contribution in [1.82, 2.24) is 10.1 Å². The van der Waals surface area contributed by atoms with E-state index in [0.29, 0.717) is 12.4 Å². The van der Waals surface area contributed by atoms with Crippen LogP contribution in [0.4, 0.5) is 0 Å². The van der Waals surface area contributed by atoms with E-state index in [2.05, 4.69) is 21.6 Å². The summed E-state index contributed by atoms with van der Waals surface area (Å²) in [6, 6.07) is 8.03. The zero-order valence-electron chi connectivity index (χ0n) is 10.4. The lowest BCUT2D eigenvalue weighted by atomic mass is 10.0. The van der Waals surface area contributed by atoms with Gasteiger partial charge in [-0.2, -0.15) is 4.98 Å². The van der Waals surface area contributed by atoms with E-state index in [1.807, 2.05) is 24.3 Å². The van der Waals surface area contributed by atoms with Gasteiger partial charge in [-0.15, -0.1) is 0 Å². The SMILES string of the molecule is CCC(N)Cc1ccccc1OCc1ncon1. The summed E-state index contributed by atoms with van der Waals surface area (Å²) in [5.74, 6) is 1.36. The average molecular weight is 247 g/mol. The first kappa shape index (κ1) is 12.6. The fourth-order valence-electron chi connectivity index (χ4n) is 1.64. The molecule has 0 radical (unpaired) electrons. The minimum Gasteiger partial charge on any atom is -0.485 e. The smallest absolute Gasteiger partial charge is 0.213 e. The quantitative estimate of drug-likeness (QED) is 0.844. The standard InChI is InChI=1S/C13H17N3O2/c1-2-11(14)7-10-5-3-4-6-12(10)17-8-13-15-9-18-16-13/h3-6,9,11H,2,7-8,14H2,1H3. The van der Waals surface area contributed by atoms with Gasteiger partial charge in [0.1, 0.15) is 5.75 Å². The van der Waals surface area contributed by atoms with Crippen LogP contribution >= 0.6 is 0 Å². The lowest BCUT2D eigenvalue weighted by molar-refractivity contribution is 0.283. The van der Waals surface area contributed by atoms with Crippen molar-refractivity contribution < 1.29 is 9.26 Å². The Morgan fingerprint density at radius 3 is 2.94 bits per heavy atom. The minimum absolute atomic E-state index is 0.153. The first-order valence-electron chi connectivity index (χ1n) is 6.01. The van der Waals surface area contributed by atoms with Crippen molar-refractivity contribution in [2.24, 2.45) is 5.73 Å². The lowest BCUT2D eigenvalue weighted by Crippen LogP contribution is -2.21. The summed E-state index contributed by atoms with van der Waals surface area (Å²) < 4.78 is 10.3. The van der Waals surface area contributed by atoms with Crippen molar-refractivity contribution in [2.45, 2.75) is 32.4 Å². The molecular weight excluding hydrogens is 230 g/mol. The van der Waals surface area contributed by atoms with E-state index < -0.39 is 0 Å². The Hall–Kier alpha value is -1.88. The predicted octanol–water partition coefficient (Wildman–Crippen LogP) is 1.93. The number of ether oxygens (including phenoxy) is 1. The minimum atomic E-state index is 0.153. The zero-order chi connectivity index (χ0) is 12.8. The highest BCUT2D eigenvalue weighted by Gasteiger charge is 2.08. The fourth-order valence-corrected chi connectivity index (χ4v) is 1.64. The molecule has 0 saturated heterocycles. The third kappa shape index (κ3) is 3.30. The summed E-state index contributed by atoms with van der Waals surface area (Å²) >= 11 is 0. The molecule has 0 amide bonds. The highest BCUT2D eigenvalue weighted by Crippen LogP contribution is 2.20. The van der Waals surface area contributed by atoms with E-state index in [-0.39, 0.29) is 6.04 Å². The molecule has 1 aromatic carbocycles. The number of aromatic nitrogens is 2. The highest BCUT2D eigenvalue weighted by molar-refractivity contribution is 5.34. The van der Waals surface area contributed by atoms with Crippen molar-refractivity contribution in [3.63, 3.8) is 0 Å². The van der Waals surface area contributed by atoms with Crippen molar-refractivity contribution in [2.75, 3.05) is 0 Å². The van der Waals surface area contributed by atoms with Gasteiger partial charge in [0.15, 0.2) is 6.61 Å². The first-order valence-corrected chi connectivity index (χ1v) is 6.01. The van der Waals surface area contributed by atoms with Gasteiger partial charge < -0.3 is 15.0 Å². The molecule has 2 aromatic rings. The molecule has 1 aromatic heterocycles. The second-order valence-electron chi connectivity index (χ2n) is 4.12. The van der Waals surface area contributed by atoms with E-state index in [1.165, 1.54) is 6.39 Å². The molecule has 96 valence electrons. The summed E-state index contributed by atoms with van der Waals surface area (Å²) in [6.07, 6.45) is 3.04. The maximum Gasteiger partial charge on any atom is 0.213 e. The summed E-state index contributed by atoms with van der Waals surface area (Å²) in [5.41, 5.74) is 7.08. The van der Waals surface area contributed by atoms with Crippen LogP contribution in [0.2, 0.25) is 0 Å². The van der Waals surface area contributed by atoms with E-state index in [4.69, 9.17) is 10.5 Å². The maximum atomic E-state index is 5.97. The number of nitrogens with zero attached hydrogens (tertiary/aromatic N) is 2. The van der Waals surface area contributed by atoms with Crippen LogP contribution in [0.5, 0.6) is 5.75 Å². The van der Waals surface area contributed by atoms with Crippen molar-refractivity contribution in [1.29, 1.82) is 0 Å². The van der Waals surface area contributed by atoms with Crippen LogP contribution in [0.1, 0.15) is 24.7 Å². The van der Waals surface area contributed by atoms with Gasteiger partial charge in [0.2, 0.25) is 12.2 Å². The molecule has 0 saturated carbocycles. The van der Waals surface area contributed by atoms with Crippen LogP contribution in [0.15, 0.2) is 35.2 Å². The van der Waals surface area contributed by atoms with Crippen LogP contribution in [0.3, 0.4) is 0 Å². The largest absolute Gasteiger partial charge is 0.485 e. The average Bonchev–Trinajstić information content (AvgIpc) is 2.91. The van der Waals surface area contributed by atoms with Crippen molar-refractivity contribution in [3.05, 3.63) is 42.0 Å².